The molecule has 4 N–H and O–H groups in total. The van der Waals surface area contributed by atoms with Crippen molar-refractivity contribution in [2.75, 3.05) is 49.5 Å². The largest absolute Gasteiger partial charge is 0.374 e. The molecule has 2 aromatic heterocycles. The third kappa shape index (κ3) is 10.4. The zero-order valence-corrected chi connectivity index (χ0v) is 38.5. The van der Waals surface area contributed by atoms with Gasteiger partial charge in [0.05, 0.1) is 29.6 Å². The zero-order valence-electron chi connectivity index (χ0n) is 38.5. The van der Waals surface area contributed by atoms with Gasteiger partial charge in [-0.05, 0) is 98.5 Å². The lowest BCUT2D eigenvalue weighted by Crippen LogP contribution is -2.58. The quantitative estimate of drug-likeness (QED) is 0.0631. The van der Waals surface area contributed by atoms with Gasteiger partial charge in [0.2, 0.25) is 17.7 Å². The first-order chi connectivity index (χ1) is 33.0. The topological polar surface area (TPSA) is 171 Å². The fourth-order valence-corrected chi connectivity index (χ4v) is 10.1. The van der Waals surface area contributed by atoms with Crippen molar-refractivity contribution >= 4 is 45.8 Å². The number of nitrogens with one attached hydrogen (secondary N) is 4. The van der Waals surface area contributed by atoms with E-state index in [9.17, 15) is 19.2 Å². The molecule has 3 fully saturated rings. The number of aromatic amines is 1. The van der Waals surface area contributed by atoms with Crippen molar-refractivity contribution in [2.24, 2.45) is 5.92 Å². The average molecular weight is 917 g/mol. The number of piperidine rings is 2. The molecule has 0 radical (unpaired) electrons. The molecule has 3 aliphatic heterocycles. The van der Waals surface area contributed by atoms with E-state index in [0.717, 1.165) is 52.5 Å². The summed E-state index contributed by atoms with van der Waals surface area (Å²) in [6.45, 7) is 8.76. The molecule has 9 rings (SSSR count). The van der Waals surface area contributed by atoms with Gasteiger partial charge in [-0.25, -0.2) is 4.39 Å². The van der Waals surface area contributed by atoms with Gasteiger partial charge in [-0.15, -0.1) is 0 Å². The first-order valence-corrected chi connectivity index (χ1v) is 23.6. The van der Waals surface area contributed by atoms with Gasteiger partial charge >= 0.3 is 0 Å². The first kappa shape index (κ1) is 46.0. The van der Waals surface area contributed by atoms with E-state index in [1.807, 2.05) is 83.9 Å². The monoisotopic (exact) mass is 916 g/mol. The average Bonchev–Trinajstić information content (AvgIpc) is 4.00. The van der Waals surface area contributed by atoms with Crippen LogP contribution in [0.15, 0.2) is 110 Å². The summed E-state index contributed by atoms with van der Waals surface area (Å²) in [5.74, 6) is -0.581. The number of carbonyl (C=O) groups is 4. The van der Waals surface area contributed by atoms with Crippen molar-refractivity contribution in [3.8, 4) is 17.2 Å². The summed E-state index contributed by atoms with van der Waals surface area (Å²) in [7, 11) is 0. The highest BCUT2D eigenvalue weighted by molar-refractivity contribution is 6.11. The number of anilines is 2. The summed E-state index contributed by atoms with van der Waals surface area (Å²) < 4.78 is 17.2. The molecule has 350 valence electrons. The Bertz CT molecular complexity index is 2820. The highest BCUT2D eigenvalue weighted by atomic mass is 19.1. The SMILES string of the molecule is C[C@@H]1CN(c2ccc(NC3CCC(=O)NC3=O)cc2F)C[C@H](C)N1CC1CCN(C(=O)Cn2cc(-c3ccc4c(C(=O)C(NCCc5ccc(C#N)cc5)c5ccccc5)c[nH]c4c3)cn2)CC1. The van der Waals surface area contributed by atoms with Gasteiger partial charge in [0.1, 0.15) is 18.4 Å². The Morgan fingerprint density at radius 3 is 2.41 bits per heavy atom. The number of H-pyrrole nitrogens is 1. The number of benzene rings is 4. The van der Waals surface area contributed by atoms with Crippen LogP contribution in [0, 0.1) is 23.1 Å². The Balaban J connectivity index is 0.756. The standard InChI is InChI=1S/C53H57FN10O4/c1-34-29-62(48-16-13-42(25-45(48)54)59-46-15-17-49(65)60-53(46)68)30-35(2)64(34)31-38-19-22-61(23-20-38)50(66)33-63-32-41(27-58-63)40-12-14-43-44(28-57-47(43)24-40)52(67)51(39-6-4-3-5-7-39)56-21-18-36-8-10-37(26-55)11-9-36/h3-14,16,24-25,27-28,32,34-35,38,46,51,56-57,59H,15,17-23,29-31,33H2,1-2H3,(H,60,65,68)/t34-,35+,46?,51?. The molecule has 0 saturated carbocycles. The molecule has 14 nitrogen and oxygen atoms in total. The smallest absolute Gasteiger partial charge is 0.249 e. The number of hydrogen-bond acceptors (Lipinski definition) is 10. The number of ketones is 1. The predicted molar refractivity (Wildman–Crippen MR) is 259 cm³/mol. The molecule has 0 aliphatic carbocycles. The maximum Gasteiger partial charge on any atom is 0.249 e. The van der Waals surface area contributed by atoms with E-state index in [0.29, 0.717) is 74.0 Å². The van der Waals surface area contributed by atoms with Crippen LogP contribution in [0.4, 0.5) is 15.8 Å². The normalized spacial score (nSPS) is 19.7. The van der Waals surface area contributed by atoms with Crippen LogP contribution < -0.4 is 20.9 Å². The number of likely N-dealkylation sites (tertiary alicyclic amines) is 1. The number of rotatable bonds is 15. The third-order valence-electron chi connectivity index (χ3n) is 13.9. The van der Waals surface area contributed by atoms with Crippen molar-refractivity contribution < 1.29 is 23.6 Å². The molecule has 5 heterocycles. The zero-order chi connectivity index (χ0) is 47.3. The van der Waals surface area contributed by atoms with Crippen LogP contribution in [0.25, 0.3) is 22.0 Å². The van der Waals surface area contributed by atoms with E-state index < -0.39 is 18.0 Å². The minimum absolute atomic E-state index is 0.0331. The van der Waals surface area contributed by atoms with Gasteiger partial charge in [-0.1, -0.05) is 54.6 Å². The van der Waals surface area contributed by atoms with E-state index >= 15 is 4.39 Å². The Morgan fingerprint density at radius 1 is 0.926 bits per heavy atom. The highest BCUT2D eigenvalue weighted by Crippen LogP contribution is 2.32. The van der Waals surface area contributed by atoms with Crippen LogP contribution in [0.2, 0.25) is 0 Å². The molecule has 3 amide bonds. The molecule has 15 heteroatoms. The molecule has 4 aromatic carbocycles. The molecule has 4 atom stereocenters. The molecule has 0 bridgehead atoms. The number of fused-ring (bicyclic) bond motifs is 1. The summed E-state index contributed by atoms with van der Waals surface area (Å²) in [5, 5.41) is 23.4. The van der Waals surface area contributed by atoms with Gasteiger partial charge in [0.25, 0.3) is 0 Å². The van der Waals surface area contributed by atoms with Crippen molar-refractivity contribution in [3.63, 3.8) is 0 Å². The predicted octanol–water partition coefficient (Wildman–Crippen LogP) is 6.85. The van der Waals surface area contributed by atoms with E-state index in [1.165, 1.54) is 6.07 Å². The maximum atomic E-state index is 15.5. The summed E-state index contributed by atoms with van der Waals surface area (Å²) in [4.78, 5) is 61.3. The minimum Gasteiger partial charge on any atom is -0.374 e. The molecule has 3 aliphatic rings. The molecule has 3 saturated heterocycles. The van der Waals surface area contributed by atoms with Crippen LogP contribution in [0.3, 0.4) is 0 Å². The van der Waals surface area contributed by atoms with Gasteiger partial charge < -0.3 is 25.4 Å². The minimum atomic E-state index is -0.574. The van der Waals surface area contributed by atoms with Gasteiger partial charge in [-0.3, -0.25) is 34.1 Å². The van der Waals surface area contributed by atoms with Gasteiger partial charge in [0, 0.05) is 97.9 Å². The van der Waals surface area contributed by atoms with E-state index in [1.54, 1.807) is 29.2 Å². The molecule has 68 heavy (non-hydrogen) atoms. The number of hydrogen-bond donors (Lipinski definition) is 4. The summed E-state index contributed by atoms with van der Waals surface area (Å²) in [6.07, 6.45) is 8.59. The maximum absolute atomic E-state index is 15.5. The number of nitrogens with zero attached hydrogens (tertiary/aromatic N) is 6. The summed E-state index contributed by atoms with van der Waals surface area (Å²) in [6, 6.07) is 29.6. The van der Waals surface area contributed by atoms with Crippen molar-refractivity contribution in [1.82, 2.24) is 35.2 Å². The van der Waals surface area contributed by atoms with Crippen molar-refractivity contribution in [3.05, 3.63) is 138 Å². The number of nitriles is 1. The summed E-state index contributed by atoms with van der Waals surface area (Å²) in [5.41, 5.74) is 6.84. The van der Waals surface area contributed by atoms with Crippen LogP contribution in [0.5, 0.6) is 0 Å². The number of imide groups is 1. The van der Waals surface area contributed by atoms with Gasteiger partial charge in [0.15, 0.2) is 5.78 Å². The number of halogens is 1. The summed E-state index contributed by atoms with van der Waals surface area (Å²) >= 11 is 0. The van der Waals surface area contributed by atoms with Gasteiger partial charge in [-0.2, -0.15) is 10.4 Å². The second-order valence-electron chi connectivity index (χ2n) is 18.5. The highest BCUT2D eigenvalue weighted by Gasteiger charge is 2.34. The third-order valence-corrected chi connectivity index (χ3v) is 13.9. The van der Waals surface area contributed by atoms with Crippen molar-refractivity contribution in [2.45, 2.75) is 76.7 Å². The first-order valence-electron chi connectivity index (χ1n) is 23.6. The number of aromatic nitrogens is 3. The lowest BCUT2D eigenvalue weighted by atomic mass is 9.94. The van der Waals surface area contributed by atoms with Crippen LogP contribution in [0.1, 0.15) is 72.6 Å². The Hall–Kier alpha value is -7.15. The Labute approximate surface area is 395 Å². The van der Waals surface area contributed by atoms with E-state index in [4.69, 9.17) is 5.26 Å². The number of piperazine rings is 1. The van der Waals surface area contributed by atoms with Crippen LogP contribution in [-0.4, -0.2) is 105 Å². The van der Waals surface area contributed by atoms with Crippen LogP contribution in [-0.2, 0) is 27.3 Å². The Kier molecular flexibility index (Phi) is 13.8. The Morgan fingerprint density at radius 2 is 1.69 bits per heavy atom. The molecule has 6 aromatic rings. The second kappa shape index (κ2) is 20.4. The van der Waals surface area contributed by atoms with Crippen molar-refractivity contribution in [1.29, 1.82) is 5.26 Å². The fraction of sp³-hybridized carbons (Fsp3) is 0.358. The molecular formula is C53H57FN10O4. The second-order valence-corrected chi connectivity index (χ2v) is 18.5. The number of carbonyl (C=O) groups excluding carboxylic acids is 4. The number of Topliss-reactive ketones (excluding diaryl/α,β-unsaturated/α-hetero) is 1. The fourth-order valence-electron chi connectivity index (χ4n) is 10.1. The molecule has 0 spiro atoms. The lowest BCUT2D eigenvalue weighted by Gasteiger charge is -2.47. The molecule has 2 unspecified atom stereocenters. The van der Waals surface area contributed by atoms with E-state index in [2.05, 4.69) is 55.7 Å². The number of amides is 3. The van der Waals surface area contributed by atoms with Crippen LogP contribution >= 0.6 is 0 Å². The molecular weight excluding hydrogens is 860 g/mol. The van der Waals surface area contributed by atoms with E-state index in [-0.39, 0.29) is 48.5 Å². The lowest BCUT2D eigenvalue weighted by molar-refractivity contribution is -0.134.